The molecule has 0 aliphatic heterocycles. The third-order valence-electron chi connectivity index (χ3n) is 3.52. The number of hydrogen-bond acceptors (Lipinski definition) is 5. The molecule has 3 rings (SSSR count). The van der Waals surface area contributed by atoms with Crippen molar-refractivity contribution in [3.8, 4) is 17.3 Å². The number of pyridine rings is 1. The van der Waals surface area contributed by atoms with Gasteiger partial charge in [-0.25, -0.2) is 9.97 Å². The van der Waals surface area contributed by atoms with Crippen LogP contribution in [-0.2, 0) is 11.3 Å². The number of nitrogens with zero attached hydrogens (tertiary/aromatic N) is 3. The molecule has 7 nitrogen and oxygen atoms in total. The van der Waals surface area contributed by atoms with Crippen LogP contribution in [0.3, 0.4) is 0 Å². The van der Waals surface area contributed by atoms with E-state index in [1.54, 1.807) is 48.7 Å². The van der Waals surface area contributed by atoms with Crippen LogP contribution in [0.25, 0.3) is 5.82 Å². The van der Waals surface area contributed by atoms with Crippen LogP contribution < -0.4 is 14.8 Å². The van der Waals surface area contributed by atoms with E-state index in [1.807, 2.05) is 24.3 Å². The average Bonchev–Trinajstić information content (AvgIpc) is 3.19. The molecule has 0 saturated heterocycles. The molecule has 1 aromatic carbocycles. The zero-order valence-electron chi connectivity index (χ0n) is 13.8. The number of methoxy groups -OCH3 is 1. The maximum atomic E-state index is 12.1. The van der Waals surface area contributed by atoms with Crippen LogP contribution in [0.5, 0.6) is 11.5 Å². The molecule has 7 heteroatoms. The Kier molecular flexibility index (Phi) is 5.26. The second-order valence-corrected chi connectivity index (χ2v) is 5.17. The Morgan fingerprint density at radius 2 is 2.00 bits per heavy atom. The van der Waals surface area contributed by atoms with Crippen molar-refractivity contribution >= 4 is 5.91 Å². The number of amides is 1. The number of hydrogen-bond donors (Lipinski definition) is 1. The summed E-state index contributed by atoms with van der Waals surface area (Å²) in [6.45, 7) is 0.247. The standard InChI is InChI=1S/C18H18N4O3/c1-24-15-6-2-3-7-16(15)25-12-17(23)21-11-14-5-4-8-20-18(14)22-10-9-19-13-22/h2-10,13H,11-12H2,1H3,(H,21,23). The number of rotatable bonds is 7. The van der Waals surface area contributed by atoms with Gasteiger partial charge in [-0.2, -0.15) is 0 Å². The largest absolute Gasteiger partial charge is 0.493 e. The van der Waals surface area contributed by atoms with E-state index < -0.39 is 0 Å². The Bertz CT molecular complexity index is 834. The van der Waals surface area contributed by atoms with Gasteiger partial charge in [-0.05, 0) is 18.2 Å². The molecule has 1 N–H and O–H groups in total. The van der Waals surface area contributed by atoms with Gasteiger partial charge in [0.25, 0.3) is 5.91 Å². The molecule has 0 spiro atoms. The summed E-state index contributed by atoms with van der Waals surface area (Å²) in [7, 11) is 1.56. The van der Waals surface area contributed by atoms with E-state index >= 15 is 0 Å². The van der Waals surface area contributed by atoms with Crippen molar-refractivity contribution in [2.24, 2.45) is 0 Å². The molecule has 0 aliphatic carbocycles. The number of carbonyl (C=O) groups excluding carboxylic acids is 1. The molecule has 0 radical (unpaired) electrons. The van der Waals surface area contributed by atoms with E-state index in [9.17, 15) is 4.79 Å². The van der Waals surface area contributed by atoms with Gasteiger partial charge in [0.1, 0.15) is 12.1 Å². The van der Waals surface area contributed by atoms with Crippen molar-refractivity contribution in [1.29, 1.82) is 0 Å². The predicted molar refractivity (Wildman–Crippen MR) is 91.7 cm³/mol. The third kappa shape index (κ3) is 4.14. The first-order chi connectivity index (χ1) is 12.3. The maximum absolute atomic E-state index is 12.1. The second-order valence-electron chi connectivity index (χ2n) is 5.17. The van der Waals surface area contributed by atoms with Crippen molar-refractivity contribution < 1.29 is 14.3 Å². The third-order valence-corrected chi connectivity index (χ3v) is 3.52. The lowest BCUT2D eigenvalue weighted by atomic mass is 10.2. The first-order valence-electron chi connectivity index (χ1n) is 7.72. The fourth-order valence-corrected chi connectivity index (χ4v) is 2.31. The Balaban J connectivity index is 1.58. The lowest BCUT2D eigenvalue weighted by Gasteiger charge is -2.12. The van der Waals surface area contributed by atoms with Crippen LogP contribution in [0.15, 0.2) is 61.3 Å². The van der Waals surface area contributed by atoms with Gasteiger partial charge in [0.15, 0.2) is 18.1 Å². The van der Waals surface area contributed by atoms with Crippen LogP contribution in [0, 0.1) is 0 Å². The highest BCUT2D eigenvalue weighted by Gasteiger charge is 2.09. The van der Waals surface area contributed by atoms with E-state index in [2.05, 4.69) is 15.3 Å². The molecule has 0 bridgehead atoms. The lowest BCUT2D eigenvalue weighted by molar-refractivity contribution is -0.123. The summed E-state index contributed by atoms with van der Waals surface area (Å²) in [5, 5.41) is 2.83. The fourth-order valence-electron chi connectivity index (χ4n) is 2.31. The molecular weight excluding hydrogens is 320 g/mol. The smallest absolute Gasteiger partial charge is 0.258 e. The summed E-state index contributed by atoms with van der Waals surface area (Å²) in [6, 6.07) is 10.9. The first-order valence-corrected chi connectivity index (χ1v) is 7.72. The number of ether oxygens (including phenoxy) is 2. The Morgan fingerprint density at radius 3 is 2.76 bits per heavy atom. The van der Waals surface area contributed by atoms with Crippen LogP contribution in [0.1, 0.15) is 5.56 Å². The summed E-state index contributed by atoms with van der Waals surface area (Å²) in [5.41, 5.74) is 0.881. The van der Waals surface area contributed by atoms with Crippen LogP contribution >= 0.6 is 0 Å². The SMILES string of the molecule is COc1ccccc1OCC(=O)NCc1cccnc1-n1ccnc1. The maximum Gasteiger partial charge on any atom is 0.258 e. The number of carbonyl (C=O) groups is 1. The number of imidazole rings is 1. The molecule has 25 heavy (non-hydrogen) atoms. The van der Waals surface area contributed by atoms with Gasteiger partial charge in [0.2, 0.25) is 0 Å². The van der Waals surface area contributed by atoms with Gasteiger partial charge in [-0.15, -0.1) is 0 Å². The van der Waals surface area contributed by atoms with Crippen molar-refractivity contribution in [1.82, 2.24) is 19.9 Å². The monoisotopic (exact) mass is 338 g/mol. The number of benzene rings is 1. The average molecular weight is 338 g/mol. The molecule has 128 valence electrons. The normalized spacial score (nSPS) is 10.3. The molecule has 1 amide bonds. The summed E-state index contributed by atoms with van der Waals surface area (Å²) in [5.74, 6) is 1.61. The van der Waals surface area contributed by atoms with E-state index in [4.69, 9.17) is 9.47 Å². The number of nitrogens with one attached hydrogen (secondary N) is 1. The lowest BCUT2D eigenvalue weighted by Crippen LogP contribution is -2.29. The van der Waals surface area contributed by atoms with Gasteiger partial charge in [-0.3, -0.25) is 9.36 Å². The fraction of sp³-hybridized carbons (Fsp3) is 0.167. The summed E-state index contributed by atoms with van der Waals surface area (Å²) in [6.07, 6.45) is 6.85. The quantitative estimate of drug-likeness (QED) is 0.713. The second kappa shape index (κ2) is 7.96. The molecule has 3 aromatic rings. The topological polar surface area (TPSA) is 78.3 Å². The number of para-hydroxylation sites is 2. The summed E-state index contributed by atoms with van der Waals surface area (Å²) >= 11 is 0. The van der Waals surface area contributed by atoms with Crippen molar-refractivity contribution in [2.45, 2.75) is 6.54 Å². The molecule has 2 heterocycles. The molecule has 0 fully saturated rings. The Labute approximate surface area is 145 Å². The summed E-state index contributed by atoms with van der Waals surface area (Å²) in [4.78, 5) is 20.4. The van der Waals surface area contributed by atoms with E-state index in [-0.39, 0.29) is 12.5 Å². The Hall–Kier alpha value is -3.35. The molecule has 0 saturated carbocycles. The van der Waals surface area contributed by atoms with Gasteiger partial charge < -0.3 is 14.8 Å². The highest BCUT2D eigenvalue weighted by atomic mass is 16.5. The van der Waals surface area contributed by atoms with E-state index in [1.165, 1.54) is 0 Å². The highest BCUT2D eigenvalue weighted by Crippen LogP contribution is 2.25. The van der Waals surface area contributed by atoms with E-state index in [0.717, 1.165) is 11.4 Å². The Morgan fingerprint density at radius 1 is 1.16 bits per heavy atom. The van der Waals surface area contributed by atoms with Crippen molar-refractivity contribution in [2.75, 3.05) is 13.7 Å². The van der Waals surface area contributed by atoms with Crippen molar-refractivity contribution in [3.05, 3.63) is 66.9 Å². The van der Waals surface area contributed by atoms with Gasteiger partial charge in [0.05, 0.1) is 7.11 Å². The van der Waals surface area contributed by atoms with Crippen molar-refractivity contribution in [3.63, 3.8) is 0 Å². The van der Waals surface area contributed by atoms with Gasteiger partial charge >= 0.3 is 0 Å². The van der Waals surface area contributed by atoms with Gasteiger partial charge in [-0.1, -0.05) is 18.2 Å². The number of aromatic nitrogens is 3. The van der Waals surface area contributed by atoms with Crippen LogP contribution in [0.2, 0.25) is 0 Å². The molecule has 0 aliphatic rings. The minimum atomic E-state index is -0.230. The minimum absolute atomic E-state index is 0.0962. The minimum Gasteiger partial charge on any atom is -0.493 e. The molecule has 0 atom stereocenters. The molecule has 0 unspecified atom stereocenters. The van der Waals surface area contributed by atoms with E-state index in [0.29, 0.717) is 18.0 Å². The molecule has 2 aromatic heterocycles. The first kappa shape index (κ1) is 16.5. The zero-order chi connectivity index (χ0) is 17.5. The van der Waals surface area contributed by atoms with Crippen LogP contribution in [0.4, 0.5) is 0 Å². The molecular formula is C18H18N4O3. The zero-order valence-corrected chi connectivity index (χ0v) is 13.8. The predicted octanol–water partition coefficient (Wildman–Crippen LogP) is 1.97. The highest BCUT2D eigenvalue weighted by molar-refractivity contribution is 5.77. The van der Waals surface area contributed by atoms with Crippen LogP contribution in [-0.4, -0.2) is 34.2 Å². The summed E-state index contributed by atoms with van der Waals surface area (Å²) < 4.78 is 12.5. The van der Waals surface area contributed by atoms with Gasteiger partial charge in [0, 0.05) is 30.7 Å².